The third-order valence-electron chi connectivity index (χ3n) is 5.72. The average molecular weight is 434 g/mol. The second-order valence-corrected chi connectivity index (χ2v) is 10.4. The van der Waals surface area contributed by atoms with Crippen molar-refractivity contribution in [3.8, 4) is 0 Å². The van der Waals surface area contributed by atoms with Crippen molar-refractivity contribution in [2.45, 2.75) is 52.7 Å². The topological polar surface area (TPSA) is 61.9 Å². The van der Waals surface area contributed by atoms with Crippen molar-refractivity contribution in [2.24, 2.45) is 5.92 Å². The summed E-state index contributed by atoms with van der Waals surface area (Å²) in [6.45, 7) is 12.0. The molecule has 2 aliphatic heterocycles. The maximum absolute atomic E-state index is 12.9. The van der Waals surface area contributed by atoms with Crippen LogP contribution in [-0.4, -0.2) is 65.1 Å². The van der Waals surface area contributed by atoms with Gasteiger partial charge in [0, 0.05) is 55.8 Å². The van der Waals surface area contributed by atoms with Crippen LogP contribution in [0.1, 0.15) is 44.7 Å². The lowest BCUT2D eigenvalue weighted by Gasteiger charge is -2.33. The number of anilines is 1. The van der Waals surface area contributed by atoms with Gasteiger partial charge in [0.15, 0.2) is 0 Å². The van der Waals surface area contributed by atoms with E-state index in [1.54, 1.807) is 4.90 Å². The fourth-order valence-corrected chi connectivity index (χ4v) is 4.85. The van der Waals surface area contributed by atoms with E-state index in [0.29, 0.717) is 25.9 Å². The summed E-state index contributed by atoms with van der Waals surface area (Å²) in [4.78, 5) is 29.3. The standard InChI is InChI=1S/C23H35N3O3S/c1-17-19(16-25-12-14-30-15-13-25)6-5-7-20(17)24-21(27)18-8-10-26(11-9-18)22(28)29-23(2,3)4/h5-7,18H,8-16H2,1-4H3,(H,24,27). The molecule has 2 fully saturated rings. The number of benzene rings is 1. The van der Waals surface area contributed by atoms with E-state index in [-0.39, 0.29) is 17.9 Å². The fraction of sp³-hybridized carbons (Fsp3) is 0.652. The summed E-state index contributed by atoms with van der Waals surface area (Å²) in [5.41, 5.74) is 2.83. The van der Waals surface area contributed by atoms with Gasteiger partial charge in [-0.15, -0.1) is 0 Å². The van der Waals surface area contributed by atoms with E-state index in [0.717, 1.165) is 30.9 Å². The van der Waals surface area contributed by atoms with Crippen LogP contribution in [0.2, 0.25) is 0 Å². The van der Waals surface area contributed by atoms with Gasteiger partial charge in [-0.3, -0.25) is 9.69 Å². The predicted octanol–water partition coefficient (Wildman–Crippen LogP) is 4.13. The predicted molar refractivity (Wildman–Crippen MR) is 123 cm³/mol. The highest BCUT2D eigenvalue weighted by Crippen LogP contribution is 2.25. The lowest BCUT2D eigenvalue weighted by Crippen LogP contribution is -2.43. The lowest BCUT2D eigenvalue weighted by molar-refractivity contribution is -0.121. The van der Waals surface area contributed by atoms with Crippen LogP contribution in [-0.2, 0) is 16.1 Å². The Morgan fingerprint density at radius 1 is 1.13 bits per heavy atom. The van der Waals surface area contributed by atoms with E-state index >= 15 is 0 Å². The first-order chi connectivity index (χ1) is 14.2. The Hall–Kier alpha value is -1.73. The molecule has 2 heterocycles. The van der Waals surface area contributed by atoms with Gasteiger partial charge in [-0.2, -0.15) is 11.8 Å². The smallest absolute Gasteiger partial charge is 0.410 e. The van der Waals surface area contributed by atoms with Gasteiger partial charge < -0.3 is 15.0 Å². The fourth-order valence-electron chi connectivity index (χ4n) is 3.88. The number of amides is 2. The molecular weight excluding hydrogens is 398 g/mol. The molecule has 0 unspecified atom stereocenters. The highest BCUT2D eigenvalue weighted by Gasteiger charge is 2.30. The van der Waals surface area contributed by atoms with Crippen molar-refractivity contribution >= 4 is 29.4 Å². The Morgan fingerprint density at radius 3 is 2.43 bits per heavy atom. The van der Waals surface area contributed by atoms with Crippen LogP contribution in [0, 0.1) is 12.8 Å². The van der Waals surface area contributed by atoms with Gasteiger partial charge in [-0.25, -0.2) is 4.79 Å². The number of hydrogen-bond acceptors (Lipinski definition) is 5. The summed E-state index contributed by atoms with van der Waals surface area (Å²) >= 11 is 2.01. The minimum Gasteiger partial charge on any atom is -0.444 e. The van der Waals surface area contributed by atoms with E-state index < -0.39 is 5.60 Å². The molecule has 2 amide bonds. The van der Waals surface area contributed by atoms with Crippen LogP contribution in [0.4, 0.5) is 10.5 Å². The first-order valence-electron chi connectivity index (χ1n) is 10.9. The summed E-state index contributed by atoms with van der Waals surface area (Å²) in [5, 5.41) is 3.14. The van der Waals surface area contributed by atoms with Gasteiger partial charge >= 0.3 is 6.09 Å². The second-order valence-electron chi connectivity index (χ2n) is 9.21. The van der Waals surface area contributed by atoms with Gasteiger partial charge in [-0.1, -0.05) is 12.1 Å². The molecule has 6 nitrogen and oxygen atoms in total. The maximum Gasteiger partial charge on any atom is 0.410 e. The van der Waals surface area contributed by atoms with Gasteiger partial charge in [-0.05, 0) is 57.7 Å². The van der Waals surface area contributed by atoms with Gasteiger partial charge in [0.2, 0.25) is 5.91 Å². The number of carbonyl (C=O) groups excluding carboxylic acids is 2. The second kappa shape index (κ2) is 10.1. The normalized spacial score (nSPS) is 18.9. The van der Waals surface area contributed by atoms with Crippen LogP contribution >= 0.6 is 11.8 Å². The van der Waals surface area contributed by atoms with Crippen LogP contribution in [0.5, 0.6) is 0 Å². The average Bonchev–Trinajstić information content (AvgIpc) is 2.70. The number of hydrogen-bond donors (Lipinski definition) is 1. The quantitative estimate of drug-likeness (QED) is 0.774. The molecule has 0 aliphatic carbocycles. The first-order valence-corrected chi connectivity index (χ1v) is 12.1. The summed E-state index contributed by atoms with van der Waals surface area (Å²) in [6.07, 6.45) is 1.03. The number of rotatable bonds is 4. The first kappa shape index (κ1) is 22.9. The highest BCUT2D eigenvalue weighted by molar-refractivity contribution is 7.99. The molecule has 0 atom stereocenters. The molecule has 1 aromatic carbocycles. The summed E-state index contributed by atoms with van der Waals surface area (Å²) in [5.74, 6) is 2.36. The number of nitrogens with zero attached hydrogens (tertiary/aromatic N) is 2. The summed E-state index contributed by atoms with van der Waals surface area (Å²) in [7, 11) is 0. The van der Waals surface area contributed by atoms with Gasteiger partial charge in [0.05, 0.1) is 0 Å². The molecule has 2 aliphatic rings. The van der Waals surface area contributed by atoms with E-state index in [1.807, 2.05) is 44.7 Å². The monoisotopic (exact) mass is 433 g/mol. The van der Waals surface area contributed by atoms with Gasteiger partial charge in [0.25, 0.3) is 0 Å². The molecule has 30 heavy (non-hydrogen) atoms. The molecule has 0 radical (unpaired) electrons. The molecule has 166 valence electrons. The van der Waals surface area contributed by atoms with E-state index in [1.165, 1.54) is 17.1 Å². The van der Waals surface area contributed by atoms with Crippen molar-refractivity contribution in [3.63, 3.8) is 0 Å². The zero-order valence-electron chi connectivity index (χ0n) is 18.7. The largest absolute Gasteiger partial charge is 0.444 e. The Morgan fingerprint density at radius 2 is 1.80 bits per heavy atom. The lowest BCUT2D eigenvalue weighted by atomic mass is 9.95. The number of nitrogens with one attached hydrogen (secondary N) is 1. The molecule has 3 rings (SSSR count). The van der Waals surface area contributed by atoms with Crippen molar-refractivity contribution in [1.29, 1.82) is 0 Å². The van der Waals surface area contributed by atoms with Crippen molar-refractivity contribution in [2.75, 3.05) is 43.0 Å². The molecular formula is C23H35N3O3S. The van der Waals surface area contributed by atoms with Crippen LogP contribution in [0.25, 0.3) is 0 Å². The number of carbonyl (C=O) groups is 2. The molecule has 0 aromatic heterocycles. The van der Waals surface area contributed by atoms with E-state index in [4.69, 9.17) is 4.74 Å². The molecule has 1 aromatic rings. The third kappa shape index (κ3) is 6.38. The minimum absolute atomic E-state index is 0.0495. The Kier molecular flexibility index (Phi) is 7.69. The van der Waals surface area contributed by atoms with Crippen molar-refractivity contribution in [1.82, 2.24) is 9.80 Å². The van der Waals surface area contributed by atoms with Crippen molar-refractivity contribution in [3.05, 3.63) is 29.3 Å². The zero-order chi connectivity index (χ0) is 21.7. The molecule has 2 saturated heterocycles. The molecule has 0 spiro atoms. The summed E-state index contributed by atoms with van der Waals surface area (Å²) in [6, 6.07) is 6.17. The van der Waals surface area contributed by atoms with Crippen LogP contribution in [0.3, 0.4) is 0 Å². The molecule has 1 N–H and O–H groups in total. The summed E-state index contributed by atoms with van der Waals surface area (Å²) < 4.78 is 5.44. The zero-order valence-corrected chi connectivity index (χ0v) is 19.5. The number of thioether (sulfide) groups is 1. The Labute approximate surface area is 184 Å². The molecule has 0 bridgehead atoms. The van der Waals surface area contributed by atoms with Crippen LogP contribution < -0.4 is 5.32 Å². The van der Waals surface area contributed by atoms with E-state index in [2.05, 4.69) is 23.2 Å². The van der Waals surface area contributed by atoms with Crippen molar-refractivity contribution < 1.29 is 14.3 Å². The number of ether oxygens (including phenoxy) is 1. The van der Waals surface area contributed by atoms with E-state index in [9.17, 15) is 9.59 Å². The maximum atomic E-state index is 12.9. The number of piperidine rings is 1. The minimum atomic E-state index is -0.499. The van der Waals surface area contributed by atoms with Gasteiger partial charge in [0.1, 0.15) is 5.60 Å². The Balaban J connectivity index is 1.54. The number of likely N-dealkylation sites (tertiary alicyclic amines) is 1. The molecule has 0 saturated carbocycles. The third-order valence-corrected chi connectivity index (χ3v) is 6.66. The molecule has 7 heteroatoms. The van der Waals surface area contributed by atoms with Crippen LogP contribution in [0.15, 0.2) is 18.2 Å². The SMILES string of the molecule is Cc1c(CN2CCSCC2)cccc1NC(=O)C1CCN(C(=O)OC(C)(C)C)CC1. The Bertz CT molecular complexity index is 749. The highest BCUT2D eigenvalue weighted by atomic mass is 32.2.